The molecule has 1 heterocycles. The Morgan fingerprint density at radius 2 is 1.75 bits per heavy atom. The summed E-state index contributed by atoms with van der Waals surface area (Å²) in [5.41, 5.74) is 0. The van der Waals surface area contributed by atoms with E-state index < -0.39 is 0 Å². The summed E-state index contributed by atoms with van der Waals surface area (Å²) >= 11 is 0. The fraction of sp³-hybridized carbons (Fsp3) is 1.00. The van der Waals surface area contributed by atoms with Gasteiger partial charge in [-0.05, 0) is 31.2 Å². The van der Waals surface area contributed by atoms with Crippen molar-refractivity contribution in [3.63, 3.8) is 0 Å². The molecule has 0 aromatic heterocycles. The van der Waals surface area contributed by atoms with Crippen LogP contribution < -0.4 is 5.32 Å². The molecule has 1 saturated heterocycles. The van der Waals surface area contributed by atoms with Gasteiger partial charge in [0, 0.05) is 25.2 Å². The van der Waals surface area contributed by atoms with E-state index in [0.717, 1.165) is 17.9 Å². The van der Waals surface area contributed by atoms with Crippen LogP contribution in [0.4, 0.5) is 0 Å². The number of hydrogen-bond donors (Lipinski definition) is 1. The van der Waals surface area contributed by atoms with Crippen LogP contribution in [0.5, 0.6) is 0 Å². The molecule has 0 bridgehead atoms. The highest BCUT2D eigenvalue weighted by Crippen LogP contribution is 2.19. The zero-order chi connectivity index (χ0) is 15.0. The maximum absolute atomic E-state index is 3.78. The zero-order valence-corrected chi connectivity index (χ0v) is 14.6. The maximum atomic E-state index is 3.78. The summed E-state index contributed by atoms with van der Waals surface area (Å²) in [6.45, 7) is 15.5. The minimum atomic E-state index is 0.709. The van der Waals surface area contributed by atoms with Gasteiger partial charge in [-0.25, -0.2) is 0 Å². The summed E-state index contributed by atoms with van der Waals surface area (Å²) in [6.07, 6.45) is 8.29. The van der Waals surface area contributed by atoms with Crippen molar-refractivity contribution in [3.05, 3.63) is 0 Å². The van der Waals surface area contributed by atoms with Crippen molar-refractivity contribution < 1.29 is 0 Å². The standard InChI is InChI=1S/C18H38N2/c1-6-7-8-9-10-11-20-14-17(12-15(2)3)19-13-18(20)16(4)5/h15-19H,6-14H2,1-5H3. The molecule has 0 saturated carbocycles. The van der Waals surface area contributed by atoms with Crippen molar-refractivity contribution in [2.75, 3.05) is 19.6 Å². The molecule has 0 radical (unpaired) electrons. The quantitative estimate of drug-likeness (QED) is 0.634. The van der Waals surface area contributed by atoms with E-state index >= 15 is 0 Å². The molecular formula is C18H38N2. The molecule has 0 aliphatic carbocycles. The van der Waals surface area contributed by atoms with Gasteiger partial charge in [-0.15, -0.1) is 0 Å². The van der Waals surface area contributed by atoms with E-state index in [-0.39, 0.29) is 0 Å². The number of rotatable bonds is 9. The van der Waals surface area contributed by atoms with Crippen molar-refractivity contribution in [2.45, 2.75) is 85.2 Å². The normalized spacial score (nSPS) is 24.8. The second-order valence-corrected chi connectivity index (χ2v) is 7.46. The summed E-state index contributed by atoms with van der Waals surface area (Å²) < 4.78 is 0. The second-order valence-electron chi connectivity index (χ2n) is 7.46. The van der Waals surface area contributed by atoms with Crippen molar-refractivity contribution >= 4 is 0 Å². The first-order chi connectivity index (χ1) is 9.54. The van der Waals surface area contributed by atoms with Crippen LogP contribution in [0, 0.1) is 11.8 Å². The molecule has 2 heteroatoms. The van der Waals surface area contributed by atoms with Crippen LogP contribution in [-0.2, 0) is 0 Å². The van der Waals surface area contributed by atoms with Gasteiger partial charge in [-0.2, -0.15) is 0 Å². The predicted molar refractivity (Wildman–Crippen MR) is 90.2 cm³/mol. The minimum Gasteiger partial charge on any atom is -0.311 e. The highest BCUT2D eigenvalue weighted by molar-refractivity contribution is 4.88. The van der Waals surface area contributed by atoms with E-state index in [0.29, 0.717) is 6.04 Å². The fourth-order valence-corrected chi connectivity index (χ4v) is 3.46. The lowest BCUT2D eigenvalue weighted by Gasteiger charge is -2.43. The first-order valence-corrected chi connectivity index (χ1v) is 9.02. The Morgan fingerprint density at radius 1 is 1.05 bits per heavy atom. The van der Waals surface area contributed by atoms with Crippen molar-refractivity contribution in [1.29, 1.82) is 0 Å². The van der Waals surface area contributed by atoms with Gasteiger partial charge in [0.25, 0.3) is 0 Å². The summed E-state index contributed by atoms with van der Waals surface area (Å²) in [7, 11) is 0. The Hall–Kier alpha value is -0.0800. The van der Waals surface area contributed by atoms with E-state index in [1.807, 2.05) is 0 Å². The Morgan fingerprint density at radius 3 is 2.35 bits per heavy atom. The Kier molecular flexibility index (Phi) is 8.79. The van der Waals surface area contributed by atoms with E-state index in [1.165, 1.54) is 58.2 Å². The molecule has 1 aliphatic rings. The lowest BCUT2D eigenvalue weighted by Crippen LogP contribution is -2.58. The summed E-state index contributed by atoms with van der Waals surface area (Å²) in [4.78, 5) is 2.78. The molecule has 2 nitrogen and oxygen atoms in total. The van der Waals surface area contributed by atoms with Crippen LogP contribution in [-0.4, -0.2) is 36.6 Å². The SMILES string of the molecule is CCCCCCCN1CC(CC(C)C)NCC1C(C)C. The largest absolute Gasteiger partial charge is 0.311 e. The number of nitrogens with one attached hydrogen (secondary N) is 1. The summed E-state index contributed by atoms with van der Waals surface area (Å²) in [5, 5.41) is 3.78. The maximum Gasteiger partial charge on any atom is 0.0244 e. The predicted octanol–water partition coefficient (Wildman–Crippen LogP) is 4.30. The average molecular weight is 283 g/mol. The molecular weight excluding hydrogens is 244 g/mol. The lowest BCUT2D eigenvalue weighted by molar-refractivity contribution is 0.0903. The first-order valence-electron chi connectivity index (χ1n) is 9.02. The van der Waals surface area contributed by atoms with Gasteiger partial charge in [-0.3, -0.25) is 4.90 Å². The highest BCUT2D eigenvalue weighted by Gasteiger charge is 2.29. The van der Waals surface area contributed by atoms with Gasteiger partial charge < -0.3 is 5.32 Å². The summed E-state index contributed by atoms with van der Waals surface area (Å²) in [5.74, 6) is 1.56. The van der Waals surface area contributed by atoms with Gasteiger partial charge >= 0.3 is 0 Å². The molecule has 2 atom stereocenters. The molecule has 1 aliphatic heterocycles. The third-order valence-electron chi connectivity index (χ3n) is 4.61. The van der Waals surface area contributed by atoms with Gasteiger partial charge in [0.05, 0.1) is 0 Å². The zero-order valence-electron chi connectivity index (χ0n) is 14.6. The van der Waals surface area contributed by atoms with Gasteiger partial charge in [0.2, 0.25) is 0 Å². The van der Waals surface area contributed by atoms with Crippen LogP contribution in [0.2, 0.25) is 0 Å². The molecule has 120 valence electrons. The van der Waals surface area contributed by atoms with Crippen LogP contribution in [0.1, 0.15) is 73.1 Å². The van der Waals surface area contributed by atoms with E-state index in [9.17, 15) is 0 Å². The third-order valence-corrected chi connectivity index (χ3v) is 4.61. The van der Waals surface area contributed by atoms with Crippen LogP contribution >= 0.6 is 0 Å². The number of unbranched alkanes of at least 4 members (excludes halogenated alkanes) is 4. The average Bonchev–Trinajstić information content (AvgIpc) is 2.37. The Labute approximate surface area is 127 Å². The summed E-state index contributed by atoms with van der Waals surface area (Å²) in [6, 6.07) is 1.45. The molecule has 20 heavy (non-hydrogen) atoms. The first kappa shape index (κ1) is 18.0. The highest BCUT2D eigenvalue weighted by atomic mass is 15.2. The molecule has 0 aromatic rings. The van der Waals surface area contributed by atoms with E-state index in [1.54, 1.807) is 0 Å². The smallest absolute Gasteiger partial charge is 0.0244 e. The van der Waals surface area contributed by atoms with Crippen molar-refractivity contribution in [2.24, 2.45) is 11.8 Å². The third kappa shape index (κ3) is 6.58. The molecule has 0 aromatic carbocycles. The Bertz CT molecular complexity index is 238. The van der Waals surface area contributed by atoms with E-state index in [2.05, 4.69) is 44.8 Å². The monoisotopic (exact) mass is 282 g/mol. The topological polar surface area (TPSA) is 15.3 Å². The molecule has 0 spiro atoms. The van der Waals surface area contributed by atoms with Crippen LogP contribution in [0.3, 0.4) is 0 Å². The molecule has 0 amide bonds. The van der Waals surface area contributed by atoms with Crippen LogP contribution in [0.15, 0.2) is 0 Å². The molecule has 1 N–H and O–H groups in total. The van der Waals surface area contributed by atoms with E-state index in [4.69, 9.17) is 0 Å². The van der Waals surface area contributed by atoms with Crippen molar-refractivity contribution in [3.8, 4) is 0 Å². The number of nitrogens with zero attached hydrogens (tertiary/aromatic N) is 1. The fourth-order valence-electron chi connectivity index (χ4n) is 3.46. The van der Waals surface area contributed by atoms with Crippen molar-refractivity contribution in [1.82, 2.24) is 10.2 Å². The molecule has 2 unspecified atom stereocenters. The van der Waals surface area contributed by atoms with Gasteiger partial charge in [-0.1, -0.05) is 60.3 Å². The van der Waals surface area contributed by atoms with Gasteiger partial charge in [0.15, 0.2) is 0 Å². The number of hydrogen-bond acceptors (Lipinski definition) is 2. The molecule has 1 fully saturated rings. The lowest BCUT2D eigenvalue weighted by atomic mass is 9.94. The number of piperazine rings is 1. The second kappa shape index (κ2) is 9.78. The minimum absolute atomic E-state index is 0.709. The van der Waals surface area contributed by atoms with Crippen LogP contribution in [0.25, 0.3) is 0 Å². The molecule has 1 rings (SSSR count). The Balaban J connectivity index is 2.38. The van der Waals surface area contributed by atoms with Gasteiger partial charge in [0.1, 0.15) is 0 Å².